The highest BCUT2D eigenvalue weighted by Crippen LogP contribution is 2.50. The first-order valence-corrected chi connectivity index (χ1v) is 47.5. The van der Waals surface area contributed by atoms with Gasteiger partial charge in [0.15, 0.2) is 25.0 Å². The predicted molar refractivity (Wildman–Crippen MR) is 419 cm³/mol. The fourth-order valence-corrected chi connectivity index (χ4v) is 18.4. The SMILES string of the molecule is [B][C@@H]1O[C@H](CC)C(O[Si](C)(C)C(C)(C)C)[C@@H]1OC.[B][C@@H]1O[C@H](CN2CCOCC2)C(O)[C@@H]1OC.[B][C@@H]1O[C@H](CN2CCOCC2)C(OP(OCC[N+]#[C-])N(C(C)C)C(C)C)[C@@H]1OC.[B][C@@H]1O[C@H](CN2CCOCC2)C(O[Si](C)(C)C(C)(C)C)[C@@H]1OC.[B][C@@H]1O[C@H](CO)C(O[Si](C)(C)C(C)(C)C)[C@@H]1OC. The molecule has 8 rings (SSSR count). The van der Waals surface area contributed by atoms with Gasteiger partial charge in [0.05, 0.1) is 76.8 Å². The highest BCUT2D eigenvalue weighted by Gasteiger charge is 2.53. The maximum Gasteiger partial charge on any atom is 0.259 e. The Morgan fingerprint density at radius 2 is 0.760 bits per heavy atom. The molecule has 25 nitrogen and oxygen atoms in total. The predicted octanol–water partition coefficient (Wildman–Crippen LogP) is 6.07. The van der Waals surface area contributed by atoms with Gasteiger partial charge in [-0.2, -0.15) is 0 Å². The maximum absolute atomic E-state index is 9.96. The van der Waals surface area contributed by atoms with Crippen molar-refractivity contribution in [3.63, 3.8) is 0 Å². The minimum Gasteiger partial charge on any atom is -0.409 e. The van der Waals surface area contributed by atoms with Crippen LogP contribution < -0.4 is 0 Å². The minimum absolute atomic E-state index is 0.0408. The van der Waals surface area contributed by atoms with Gasteiger partial charge in [-0.25, -0.2) is 11.2 Å². The van der Waals surface area contributed by atoms with E-state index in [1.807, 2.05) is 0 Å². The normalized spacial score (nSPS) is 33.9. The first-order chi connectivity index (χ1) is 48.5. The van der Waals surface area contributed by atoms with E-state index in [9.17, 15) is 10.2 Å². The van der Waals surface area contributed by atoms with Gasteiger partial charge in [0, 0.05) is 137 Å². The minimum atomic E-state index is -1.94. The Morgan fingerprint density at radius 3 is 1.07 bits per heavy atom. The van der Waals surface area contributed by atoms with E-state index in [0.717, 1.165) is 91.9 Å². The van der Waals surface area contributed by atoms with Gasteiger partial charge in [-0.3, -0.25) is 14.7 Å². The molecule has 0 saturated carbocycles. The second-order valence-corrected chi connectivity index (χ2v) is 48.8. The zero-order chi connectivity index (χ0) is 78.5. The summed E-state index contributed by atoms with van der Waals surface area (Å²) in [6.07, 6.45) is -2.96. The van der Waals surface area contributed by atoms with Crippen molar-refractivity contribution in [3.8, 4) is 0 Å². The summed E-state index contributed by atoms with van der Waals surface area (Å²) in [5, 5.41) is 19.7. The summed E-state index contributed by atoms with van der Waals surface area (Å²) in [7, 11) is 30.9. The highest BCUT2D eigenvalue weighted by molar-refractivity contribution is 7.44. The number of hydrogen-bond acceptors (Lipinski definition) is 24. The van der Waals surface area contributed by atoms with Gasteiger partial charge in [-0.15, -0.1) is 0 Å². The molecule has 0 spiro atoms. The van der Waals surface area contributed by atoms with Crippen LogP contribution in [0.15, 0.2) is 0 Å². The van der Waals surface area contributed by atoms with E-state index in [4.69, 9.17) is 130 Å². The maximum atomic E-state index is 9.96. The number of aliphatic hydroxyl groups excluding tert-OH is 2. The molecule has 104 heavy (non-hydrogen) atoms. The standard InChI is InChI=1S/C19H35BN3O5P.C16H32BNO4Si.C13H27BO3Si.C12H25BO4Si.C10H18BNO4/c1-14(2)23(15(3)4)29(26-10-7-21-5)28-17-16(27-19(20)18(17)24-6)13-22-8-11-25-12-9-22;1-16(2,3)23(5,6)22-13-12(21-15(17)14(13)19-4)11-18-7-9-20-10-8-18;1-8-9-10(11(15-5)12(14)16-9)17-18(6,7)13(2,3)4;1-12(2,3)18(5,6)17-9-8(7-14)16-11(13)10(9)15-4;1-14-9-8(13)7(16-10(9)11)6-12-2-4-15-5-3-12/h14-19H,7-13H2,1-4,6H3;12-15H,7-11H2,1-6H3;9-12H,8H2,1-7H3;8-11,14H,7H2,1-6H3;7-10,13H,2-6H2,1H3/t16-,17?,18+,19-,29?;12-,13?,14+,15-;9-,10?,11+,12-;8-,9?,10+,11-;7-,8?,9+,10-/m11111/s1. The number of methoxy groups -OCH3 is 5. The molecule has 8 heterocycles. The number of rotatable bonds is 27. The molecule has 0 aromatic heterocycles. The molecule has 0 aromatic rings. The van der Waals surface area contributed by atoms with E-state index in [1.54, 1.807) is 28.4 Å². The van der Waals surface area contributed by atoms with E-state index < -0.39 is 75.8 Å². The smallest absolute Gasteiger partial charge is 0.259 e. The van der Waals surface area contributed by atoms with Crippen molar-refractivity contribution in [3.05, 3.63) is 11.4 Å². The second-order valence-electron chi connectivity index (χ2n) is 33.1. The molecule has 0 amide bonds. The molecule has 0 aromatic carbocycles. The summed E-state index contributed by atoms with van der Waals surface area (Å²) in [5.41, 5.74) is 0. The number of aliphatic hydroxyl groups is 2. The van der Waals surface area contributed by atoms with Gasteiger partial charge in [-0.1, -0.05) is 69.2 Å². The Hall–Kier alpha value is -0.0647. The summed E-state index contributed by atoms with van der Waals surface area (Å²) >= 11 is 0. The summed E-state index contributed by atoms with van der Waals surface area (Å²) in [6, 6.07) is -1.99. The van der Waals surface area contributed by atoms with Gasteiger partial charge < -0.3 is 99.0 Å². The van der Waals surface area contributed by atoms with Crippen molar-refractivity contribution < 1.29 is 94.1 Å². The first-order valence-electron chi connectivity index (χ1n) is 37.7. The highest BCUT2D eigenvalue weighted by atomic mass is 31.2. The molecule has 0 bridgehead atoms. The largest absolute Gasteiger partial charge is 0.409 e. The molecular weight excluding hydrogens is 1400 g/mol. The number of nitrogens with zero attached hydrogens (tertiary/aromatic N) is 5. The molecule has 34 heteroatoms. The zero-order valence-electron chi connectivity index (χ0n) is 68.4. The third kappa shape index (κ3) is 27.9. The number of hydrogen-bond donors (Lipinski definition) is 2. The quantitative estimate of drug-likeness (QED) is 0.0412. The van der Waals surface area contributed by atoms with Crippen molar-refractivity contribution in [1.82, 2.24) is 19.4 Å². The van der Waals surface area contributed by atoms with Crippen molar-refractivity contribution in [1.29, 1.82) is 0 Å². The lowest BCUT2D eigenvalue weighted by atomic mass is 9.92. The fourth-order valence-electron chi connectivity index (χ4n) is 12.7. The molecule has 8 aliphatic heterocycles. The van der Waals surface area contributed by atoms with Crippen LogP contribution in [0.2, 0.25) is 54.4 Å². The van der Waals surface area contributed by atoms with Crippen molar-refractivity contribution in [2.45, 2.75) is 291 Å². The zero-order valence-corrected chi connectivity index (χ0v) is 72.3. The Balaban J connectivity index is 0.000000280. The molecule has 0 aliphatic carbocycles. The molecule has 8 fully saturated rings. The summed E-state index contributed by atoms with van der Waals surface area (Å²) in [5.74, 6) is 0. The third-order valence-electron chi connectivity index (χ3n) is 21.9. The molecular formula is C70H137B5N5O20PSi3. The molecule has 8 aliphatic rings. The van der Waals surface area contributed by atoms with Gasteiger partial charge in [-0.05, 0) is 88.5 Å². The monoisotopic (exact) mass is 1540 g/mol. The molecule has 2 N–H and O–H groups in total. The van der Waals surface area contributed by atoms with E-state index in [1.165, 1.54) is 7.11 Å². The number of morpholine rings is 3. The summed E-state index contributed by atoms with van der Waals surface area (Å²) in [6.45, 7) is 63.4. The van der Waals surface area contributed by atoms with Crippen LogP contribution in [0.5, 0.6) is 0 Å². The van der Waals surface area contributed by atoms with E-state index in [-0.39, 0.29) is 113 Å². The van der Waals surface area contributed by atoms with E-state index >= 15 is 0 Å². The molecule has 10 radical (unpaired) electrons. The Bertz CT molecular complexity index is 2360. The summed E-state index contributed by atoms with van der Waals surface area (Å²) in [4.78, 5) is 10.3. The Morgan fingerprint density at radius 1 is 0.471 bits per heavy atom. The van der Waals surface area contributed by atoms with Gasteiger partial charge in [0.2, 0.25) is 6.54 Å². The Kier molecular flexibility index (Phi) is 41.3. The van der Waals surface area contributed by atoms with Crippen LogP contribution in [-0.4, -0.2) is 381 Å². The number of ether oxygens (including phenoxy) is 13. The average molecular weight is 1540 g/mol. The molecule has 594 valence electrons. The lowest BCUT2D eigenvalue weighted by molar-refractivity contribution is -0.0271. The first kappa shape index (κ1) is 96.3. The van der Waals surface area contributed by atoms with E-state index in [0.29, 0.717) is 26.2 Å². The van der Waals surface area contributed by atoms with Crippen molar-refractivity contribution >= 4 is 72.7 Å². The third-order valence-corrected chi connectivity index (χ3v) is 37.4. The van der Waals surface area contributed by atoms with Crippen LogP contribution in [0.3, 0.4) is 0 Å². The lowest BCUT2D eigenvalue weighted by Crippen LogP contribution is -2.52. The lowest BCUT2D eigenvalue weighted by Gasteiger charge is -2.41. The van der Waals surface area contributed by atoms with Crippen LogP contribution in [0, 0.1) is 6.57 Å². The van der Waals surface area contributed by atoms with Crippen molar-refractivity contribution in [2.75, 3.05) is 154 Å². The van der Waals surface area contributed by atoms with Crippen LogP contribution in [0.1, 0.15) is 103 Å². The Labute approximate surface area is 639 Å². The fraction of sp³-hybridized carbons (Fsp3) is 0.986. The van der Waals surface area contributed by atoms with Crippen LogP contribution in [0.25, 0.3) is 4.85 Å². The second kappa shape index (κ2) is 44.6. The van der Waals surface area contributed by atoms with Gasteiger partial charge >= 0.3 is 0 Å². The summed E-state index contributed by atoms with van der Waals surface area (Å²) < 4.78 is 106. The molecule has 6 unspecified atom stereocenters. The van der Waals surface area contributed by atoms with Crippen molar-refractivity contribution in [2.24, 2.45) is 0 Å². The van der Waals surface area contributed by atoms with Gasteiger partial charge in [0.25, 0.3) is 8.53 Å². The van der Waals surface area contributed by atoms with Gasteiger partial charge in [0.1, 0.15) is 107 Å². The van der Waals surface area contributed by atoms with Crippen LogP contribution >= 0.6 is 8.53 Å². The molecule has 8 saturated heterocycles. The van der Waals surface area contributed by atoms with Crippen LogP contribution in [-0.2, 0) is 83.9 Å². The van der Waals surface area contributed by atoms with E-state index in [2.05, 4.69) is 160 Å². The average Bonchev–Trinajstić information content (AvgIpc) is 1.60. The van der Waals surface area contributed by atoms with Crippen LogP contribution in [0.4, 0.5) is 0 Å². The topological polar surface area (TPSA) is 224 Å². The molecule has 21 atom stereocenters.